The highest BCUT2D eigenvalue weighted by atomic mass is 16.2. The van der Waals surface area contributed by atoms with Crippen molar-refractivity contribution >= 4 is 28.7 Å². The van der Waals surface area contributed by atoms with Gasteiger partial charge < -0.3 is 26.6 Å². The number of amides is 2. The largest absolute Gasteiger partial charge is 0.370 e. The second kappa shape index (κ2) is 14.4. The van der Waals surface area contributed by atoms with E-state index in [9.17, 15) is 9.59 Å². The van der Waals surface area contributed by atoms with Crippen molar-refractivity contribution in [2.24, 2.45) is 5.73 Å². The first-order valence-corrected chi connectivity index (χ1v) is 14.8. The molecule has 0 unspecified atom stereocenters. The molecule has 0 bridgehead atoms. The van der Waals surface area contributed by atoms with Crippen LogP contribution in [0.5, 0.6) is 0 Å². The fourth-order valence-electron chi connectivity index (χ4n) is 5.67. The van der Waals surface area contributed by atoms with Crippen molar-refractivity contribution in [3.8, 4) is 0 Å². The minimum atomic E-state index is -0.423. The molecule has 1 aliphatic rings. The van der Waals surface area contributed by atoms with E-state index in [2.05, 4.69) is 45.2 Å². The third-order valence-electron chi connectivity index (χ3n) is 7.95. The van der Waals surface area contributed by atoms with Gasteiger partial charge in [0, 0.05) is 49.7 Å². The molecule has 0 saturated carbocycles. The van der Waals surface area contributed by atoms with Gasteiger partial charge in [-0.15, -0.1) is 0 Å². The summed E-state index contributed by atoms with van der Waals surface area (Å²) in [6, 6.07) is 29.6. The molecule has 222 valence electrons. The molecule has 0 spiro atoms. The molecule has 9 nitrogen and oxygen atoms in total. The highest BCUT2D eigenvalue weighted by molar-refractivity contribution is 5.97. The van der Waals surface area contributed by atoms with Crippen molar-refractivity contribution in [3.05, 3.63) is 114 Å². The van der Waals surface area contributed by atoms with E-state index < -0.39 is 6.04 Å². The van der Waals surface area contributed by atoms with Gasteiger partial charge in [0.2, 0.25) is 5.91 Å². The number of fused-ring (bicyclic) bond motifs is 1. The van der Waals surface area contributed by atoms with Crippen molar-refractivity contribution < 1.29 is 9.59 Å². The molecule has 1 aromatic heterocycles. The molecule has 1 fully saturated rings. The number of benzene rings is 3. The van der Waals surface area contributed by atoms with Crippen LogP contribution in [0.1, 0.15) is 46.7 Å². The molecule has 5 rings (SSSR count). The van der Waals surface area contributed by atoms with Crippen LogP contribution < -0.4 is 21.7 Å². The van der Waals surface area contributed by atoms with Gasteiger partial charge in [0.25, 0.3) is 5.91 Å². The number of nitrogens with zero attached hydrogens (tertiary/aromatic N) is 2. The predicted octanol–water partition coefficient (Wildman–Crippen LogP) is 3.62. The average molecular weight is 578 g/mol. The molecule has 4 aromatic rings. The van der Waals surface area contributed by atoms with Crippen LogP contribution in [0.2, 0.25) is 0 Å². The highest BCUT2D eigenvalue weighted by Gasteiger charge is 2.32. The van der Waals surface area contributed by atoms with Crippen LogP contribution in [0.3, 0.4) is 0 Å². The Hall–Kier alpha value is -4.76. The van der Waals surface area contributed by atoms with Gasteiger partial charge in [-0.2, -0.15) is 0 Å². The number of carbonyl (C=O) groups excluding carboxylic acids is 2. The predicted molar refractivity (Wildman–Crippen MR) is 170 cm³/mol. The first kappa shape index (κ1) is 29.7. The van der Waals surface area contributed by atoms with Gasteiger partial charge in [-0.05, 0) is 42.5 Å². The first-order valence-electron chi connectivity index (χ1n) is 14.8. The summed E-state index contributed by atoms with van der Waals surface area (Å²) in [5, 5.41) is 17.8. The molecule has 1 saturated heterocycles. The van der Waals surface area contributed by atoms with Crippen LogP contribution in [0.4, 0.5) is 0 Å². The summed E-state index contributed by atoms with van der Waals surface area (Å²) >= 11 is 0. The van der Waals surface area contributed by atoms with Crippen LogP contribution >= 0.6 is 0 Å². The summed E-state index contributed by atoms with van der Waals surface area (Å²) in [5.74, 6) is -0.197. The summed E-state index contributed by atoms with van der Waals surface area (Å²) in [5.41, 5.74) is 9.13. The van der Waals surface area contributed by atoms with Gasteiger partial charge in [-0.1, -0.05) is 78.9 Å². The van der Waals surface area contributed by atoms with E-state index in [0.717, 1.165) is 22.0 Å². The van der Waals surface area contributed by atoms with Crippen LogP contribution in [0.25, 0.3) is 10.9 Å². The zero-order valence-corrected chi connectivity index (χ0v) is 24.2. The standard InChI is InChI=1S/C34H39N7O2/c35-34(36)37-18-9-16-31-33(43)41(23-29(24-10-3-1-4-11-24)25-12-5-2-6-13-25)19-17-28(40-31)22-39-32(42)27-20-26-14-7-8-15-30(26)38-21-27/h1-8,10-15,20-21,28-29,31,40H,9,16-19,22-23H2,(H,39,42)(H4,35,36,37)/t28-,31-/m0/s1. The van der Waals surface area contributed by atoms with Gasteiger partial charge in [-0.3, -0.25) is 20.0 Å². The third-order valence-corrected chi connectivity index (χ3v) is 7.95. The number of rotatable bonds is 11. The Morgan fingerprint density at radius 1 is 1.00 bits per heavy atom. The Morgan fingerprint density at radius 3 is 2.37 bits per heavy atom. The maximum absolute atomic E-state index is 14.0. The second-order valence-electron chi connectivity index (χ2n) is 11.0. The molecule has 1 aliphatic heterocycles. The Kier molecular flexibility index (Phi) is 9.97. The van der Waals surface area contributed by atoms with E-state index >= 15 is 0 Å². The van der Waals surface area contributed by atoms with Gasteiger partial charge >= 0.3 is 0 Å². The van der Waals surface area contributed by atoms with Crippen LogP contribution in [-0.4, -0.2) is 65.9 Å². The number of pyridine rings is 1. The van der Waals surface area contributed by atoms with E-state index in [1.807, 2.05) is 71.6 Å². The van der Waals surface area contributed by atoms with E-state index in [1.54, 1.807) is 6.20 Å². The molecule has 2 heterocycles. The third kappa shape index (κ3) is 7.96. The Morgan fingerprint density at radius 2 is 1.67 bits per heavy atom. The van der Waals surface area contributed by atoms with Crippen molar-refractivity contribution in [2.75, 3.05) is 26.2 Å². The van der Waals surface area contributed by atoms with Crippen molar-refractivity contribution in [2.45, 2.75) is 37.3 Å². The summed E-state index contributed by atoms with van der Waals surface area (Å²) in [6.45, 7) is 2.02. The smallest absolute Gasteiger partial charge is 0.252 e. The fraction of sp³-hybridized carbons (Fsp3) is 0.294. The molecule has 0 aliphatic carbocycles. The summed E-state index contributed by atoms with van der Waals surface area (Å²) in [6.07, 6.45) is 3.54. The maximum atomic E-state index is 14.0. The van der Waals surface area contributed by atoms with Crippen LogP contribution in [0.15, 0.2) is 97.2 Å². The minimum absolute atomic E-state index is 0.0306. The summed E-state index contributed by atoms with van der Waals surface area (Å²) in [4.78, 5) is 33.4. The number of para-hydroxylation sites is 1. The topological polar surface area (TPSA) is 136 Å². The first-order chi connectivity index (χ1) is 21.0. The second-order valence-corrected chi connectivity index (χ2v) is 11.0. The van der Waals surface area contributed by atoms with Crippen molar-refractivity contribution in [1.29, 1.82) is 5.41 Å². The lowest BCUT2D eigenvalue weighted by Crippen LogP contribution is -2.49. The van der Waals surface area contributed by atoms with E-state index in [1.165, 1.54) is 0 Å². The van der Waals surface area contributed by atoms with Crippen LogP contribution in [-0.2, 0) is 4.79 Å². The van der Waals surface area contributed by atoms with Crippen molar-refractivity contribution in [1.82, 2.24) is 25.8 Å². The van der Waals surface area contributed by atoms with Gasteiger partial charge in [-0.25, -0.2) is 0 Å². The summed E-state index contributed by atoms with van der Waals surface area (Å²) < 4.78 is 0. The number of aromatic nitrogens is 1. The Balaban J connectivity index is 1.30. The van der Waals surface area contributed by atoms with Gasteiger partial charge in [0.1, 0.15) is 0 Å². The maximum Gasteiger partial charge on any atom is 0.252 e. The number of nitrogens with two attached hydrogens (primary N) is 1. The number of guanidine groups is 1. The lowest BCUT2D eigenvalue weighted by molar-refractivity contribution is -0.133. The van der Waals surface area contributed by atoms with Gasteiger partial charge in [0.05, 0.1) is 17.1 Å². The monoisotopic (exact) mass is 577 g/mol. The average Bonchev–Trinajstić information content (AvgIpc) is 3.19. The SMILES string of the molecule is N=C(N)NCCC[C@@H]1N[C@H](CNC(=O)c2cnc3ccccc3c2)CCN(CC(c2ccccc2)c2ccccc2)C1=O. The summed E-state index contributed by atoms with van der Waals surface area (Å²) in [7, 11) is 0. The number of carbonyl (C=O) groups is 2. The highest BCUT2D eigenvalue weighted by Crippen LogP contribution is 2.27. The molecule has 9 heteroatoms. The lowest BCUT2D eigenvalue weighted by atomic mass is 9.90. The van der Waals surface area contributed by atoms with E-state index in [4.69, 9.17) is 11.1 Å². The lowest BCUT2D eigenvalue weighted by Gasteiger charge is -2.29. The normalized spacial score (nSPS) is 17.0. The fourth-order valence-corrected chi connectivity index (χ4v) is 5.67. The molecular weight excluding hydrogens is 538 g/mol. The Labute approximate surface area is 252 Å². The number of hydrogen-bond donors (Lipinski definition) is 5. The molecule has 0 radical (unpaired) electrons. The Bertz CT molecular complexity index is 1490. The van der Waals surface area contributed by atoms with Gasteiger partial charge in [0.15, 0.2) is 5.96 Å². The minimum Gasteiger partial charge on any atom is -0.370 e. The zero-order valence-electron chi connectivity index (χ0n) is 24.2. The van der Waals surface area contributed by atoms with E-state index in [-0.39, 0.29) is 29.7 Å². The molecule has 2 amide bonds. The molecule has 6 N–H and O–H groups in total. The number of hydrogen-bond acceptors (Lipinski definition) is 5. The molecule has 2 atom stereocenters. The quantitative estimate of drug-likeness (QED) is 0.105. The molecule has 3 aromatic carbocycles. The van der Waals surface area contributed by atoms with Crippen molar-refractivity contribution in [3.63, 3.8) is 0 Å². The zero-order chi connectivity index (χ0) is 30.0. The molecule has 43 heavy (non-hydrogen) atoms. The van der Waals surface area contributed by atoms with Crippen LogP contribution in [0, 0.1) is 5.41 Å². The number of nitrogens with one attached hydrogen (secondary N) is 4. The molecular formula is C34H39N7O2. The van der Waals surface area contributed by atoms with E-state index in [0.29, 0.717) is 51.0 Å².